The lowest BCUT2D eigenvalue weighted by molar-refractivity contribution is -0.116. The number of carbonyl (C=O) groups excluding carboxylic acids is 1. The van der Waals surface area contributed by atoms with E-state index >= 15 is 0 Å². The van der Waals surface area contributed by atoms with Crippen molar-refractivity contribution in [1.82, 2.24) is 4.72 Å². The Morgan fingerprint density at radius 3 is 2.55 bits per heavy atom. The highest BCUT2D eigenvalue weighted by Crippen LogP contribution is 2.27. The molecule has 0 fully saturated rings. The molecule has 0 bridgehead atoms. The van der Waals surface area contributed by atoms with Crippen LogP contribution in [0.4, 0.5) is 5.69 Å². The summed E-state index contributed by atoms with van der Waals surface area (Å²) in [5, 5.41) is 0. The van der Waals surface area contributed by atoms with E-state index < -0.39 is 10.0 Å². The zero-order valence-electron chi connectivity index (χ0n) is 13.3. The zero-order valence-corrected chi connectivity index (χ0v) is 14.1. The van der Waals surface area contributed by atoms with Crippen molar-refractivity contribution in [1.29, 1.82) is 0 Å². The van der Waals surface area contributed by atoms with E-state index in [0.717, 1.165) is 0 Å². The summed E-state index contributed by atoms with van der Waals surface area (Å²) >= 11 is 0. The first-order chi connectivity index (χ1) is 10.4. The molecule has 0 spiro atoms. The molecule has 6 nitrogen and oxygen atoms in total. The third-order valence-electron chi connectivity index (χ3n) is 2.97. The maximum Gasteiger partial charge on any atom is 0.224 e. The van der Waals surface area contributed by atoms with Crippen LogP contribution in [-0.4, -0.2) is 39.8 Å². The van der Waals surface area contributed by atoms with Crippen LogP contribution in [0.1, 0.15) is 27.2 Å². The average molecular weight is 328 g/mol. The number of nitrogens with zero attached hydrogens (tertiary/aromatic N) is 1. The largest absolute Gasteiger partial charge is 0.492 e. The van der Waals surface area contributed by atoms with E-state index in [0.29, 0.717) is 24.5 Å². The number of carbonyl (C=O) groups is 1. The molecule has 0 atom stereocenters. The van der Waals surface area contributed by atoms with Gasteiger partial charge in [0.05, 0.1) is 18.0 Å². The second kappa shape index (κ2) is 8.75. The standard InChI is InChI=1S/C15H24N2O4S/c1-4-12-22(19,20)16-10-11-17(13(3)18)14-8-6-7-9-15(14)21-5-2/h6-9,16H,4-5,10-12H2,1-3H3. The van der Waals surface area contributed by atoms with Crippen LogP contribution in [0.25, 0.3) is 0 Å². The maximum atomic E-state index is 11.9. The molecule has 0 aliphatic heterocycles. The summed E-state index contributed by atoms with van der Waals surface area (Å²) < 4.78 is 31.3. The Labute approximate surface area is 132 Å². The van der Waals surface area contributed by atoms with Crippen molar-refractivity contribution in [3.63, 3.8) is 0 Å². The Balaban J connectivity index is 2.81. The lowest BCUT2D eigenvalue weighted by atomic mass is 10.2. The first-order valence-corrected chi connectivity index (χ1v) is 9.03. The van der Waals surface area contributed by atoms with Gasteiger partial charge in [0, 0.05) is 20.0 Å². The fourth-order valence-electron chi connectivity index (χ4n) is 2.06. The number of hydrogen-bond donors (Lipinski definition) is 1. The molecule has 1 N–H and O–H groups in total. The van der Waals surface area contributed by atoms with Crippen molar-refractivity contribution >= 4 is 21.6 Å². The van der Waals surface area contributed by atoms with Crippen molar-refractivity contribution in [3.05, 3.63) is 24.3 Å². The molecule has 0 unspecified atom stereocenters. The molecule has 22 heavy (non-hydrogen) atoms. The van der Waals surface area contributed by atoms with Gasteiger partial charge in [-0.3, -0.25) is 4.79 Å². The number of anilines is 1. The molecule has 1 aromatic rings. The van der Waals surface area contributed by atoms with Crippen molar-refractivity contribution in [2.24, 2.45) is 0 Å². The molecule has 0 aliphatic rings. The number of hydrogen-bond acceptors (Lipinski definition) is 4. The number of benzene rings is 1. The summed E-state index contributed by atoms with van der Waals surface area (Å²) in [6.07, 6.45) is 0.554. The number of nitrogens with one attached hydrogen (secondary N) is 1. The van der Waals surface area contributed by atoms with Crippen LogP contribution in [-0.2, 0) is 14.8 Å². The van der Waals surface area contributed by atoms with Crippen LogP contribution < -0.4 is 14.4 Å². The third-order valence-corrected chi connectivity index (χ3v) is 4.56. The summed E-state index contributed by atoms with van der Waals surface area (Å²) in [6, 6.07) is 7.22. The Kier molecular flexibility index (Phi) is 7.34. The molecule has 0 aliphatic carbocycles. The van der Waals surface area contributed by atoms with Crippen LogP contribution >= 0.6 is 0 Å². The highest BCUT2D eigenvalue weighted by molar-refractivity contribution is 7.89. The summed E-state index contributed by atoms with van der Waals surface area (Å²) in [5.74, 6) is 0.529. The molecule has 1 amide bonds. The Morgan fingerprint density at radius 2 is 1.95 bits per heavy atom. The SMILES string of the molecule is CCCS(=O)(=O)NCCN(C(C)=O)c1ccccc1OCC. The molecule has 1 rings (SSSR count). The van der Waals surface area contributed by atoms with Crippen molar-refractivity contribution in [2.75, 3.05) is 30.3 Å². The molecule has 0 aromatic heterocycles. The predicted molar refractivity (Wildman–Crippen MR) is 87.7 cm³/mol. The Bertz CT molecular complexity index is 587. The molecular weight excluding hydrogens is 304 g/mol. The quantitative estimate of drug-likeness (QED) is 0.749. The van der Waals surface area contributed by atoms with Crippen molar-refractivity contribution in [3.8, 4) is 5.75 Å². The van der Waals surface area contributed by atoms with Gasteiger partial charge in [-0.25, -0.2) is 13.1 Å². The topological polar surface area (TPSA) is 75.7 Å². The van der Waals surface area contributed by atoms with Crippen LogP contribution in [0.2, 0.25) is 0 Å². The first kappa shape index (κ1) is 18.4. The van der Waals surface area contributed by atoms with Gasteiger partial charge in [0.15, 0.2) is 0 Å². The lowest BCUT2D eigenvalue weighted by Crippen LogP contribution is -2.38. The van der Waals surface area contributed by atoms with Gasteiger partial charge >= 0.3 is 0 Å². The molecule has 124 valence electrons. The van der Waals surface area contributed by atoms with Crippen LogP contribution in [0.3, 0.4) is 0 Å². The van der Waals surface area contributed by atoms with E-state index in [2.05, 4.69) is 4.72 Å². The smallest absolute Gasteiger partial charge is 0.224 e. The minimum Gasteiger partial charge on any atom is -0.492 e. The van der Waals surface area contributed by atoms with E-state index in [-0.39, 0.29) is 24.7 Å². The Hall–Kier alpha value is -1.60. The average Bonchev–Trinajstić information content (AvgIpc) is 2.44. The van der Waals surface area contributed by atoms with Crippen LogP contribution in [0.15, 0.2) is 24.3 Å². The fourth-order valence-corrected chi connectivity index (χ4v) is 3.14. The van der Waals surface area contributed by atoms with Gasteiger partial charge in [0.1, 0.15) is 5.75 Å². The monoisotopic (exact) mass is 328 g/mol. The number of amides is 1. The molecule has 0 radical (unpaired) electrons. The van der Waals surface area contributed by atoms with Gasteiger partial charge in [0.25, 0.3) is 0 Å². The molecular formula is C15H24N2O4S. The van der Waals surface area contributed by atoms with Gasteiger partial charge in [0.2, 0.25) is 15.9 Å². The second-order valence-corrected chi connectivity index (χ2v) is 6.71. The number of para-hydroxylation sites is 2. The second-order valence-electron chi connectivity index (χ2n) is 4.78. The van der Waals surface area contributed by atoms with E-state index in [9.17, 15) is 13.2 Å². The molecule has 7 heteroatoms. The van der Waals surface area contributed by atoms with Gasteiger partial charge in [-0.05, 0) is 25.5 Å². The minimum atomic E-state index is -3.27. The minimum absolute atomic E-state index is 0.0859. The molecule has 0 heterocycles. The number of sulfonamides is 1. The van der Waals surface area contributed by atoms with Gasteiger partial charge in [-0.1, -0.05) is 19.1 Å². The van der Waals surface area contributed by atoms with Crippen LogP contribution in [0.5, 0.6) is 5.75 Å². The summed E-state index contributed by atoms with van der Waals surface area (Å²) in [6.45, 7) is 6.03. The number of rotatable bonds is 9. The van der Waals surface area contributed by atoms with Gasteiger partial charge in [-0.2, -0.15) is 0 Å². The highest BCUT2D eigenvalue weighted by atomic mass is 32.2. The molecule has 1 aromatic carbocycles. The fraction of sp³-hybridized carbons (Fsp3) is 0.533. The van der Waals surface area contributed by atoms with Crippen molar-refractivity contribution in [2.45, 2.75) is 27.2 Å². The predicted octanol–water partition coefficient (Wildman–Crippen LogP) is 1.77. The normalized spacial score (nSPS) is 11.2. The van der Waals surface area contributed by atoms with Crippen LogP contribution in [0, 0.1) is 0 Å². The van der Waals surface area contributed by atoms with Gasteiger partial charge in [-0.15, -0.1) is 0 Å². The van der Waals surface area contributed by atoms with Gasteiger partial charge < -0.3 is 9.64 Å². The van der Waals surface area contributed by atoms with E-state index in [1.54, 1.807) is 19.1 Å². The lowest BCUT2D eigenvalue weighted by Gasteiger charge is -2.23. The van der Waals surface area contributed by atoms with E-state index in [4.69, 9.17) is 4.74 Å². The molecule has 0 saturated heterocycles. The summed E-state index contributed by atoms with van der Waals surface area (Å²) in [7, 11) is -3.27. The summed E-state index contributed by atoms with van der Waals surface area (Å²) in [5.41, 5.74) is 0.645. The summed E-state index contributed by atoms with van der Waals surface area (Å²) in [4.78, 5) is 13.4. The van der Waals surface area contributed by atoms with E-state index in [1.807, 2.05) is 19.1 Å². The molecule has 0 saturated carbocycles. The third kappa shape index (κ3) is 5.65. The Morgan fingerprint density at radius 1 is 1.27 bits per heavy atom. The number of ether oxygens (including phenoxy) is 1. The van der Waals surface area contributed by atoms with Crippen molar-refractivity contribution < 1.29 is 17.9 Å². The van der Waals surface area contributed by atoms with E-state index in [1.165, 1.54) is 11.8 Å². The first-order valence-electron chi connectivity index (χ1n) is 7.38. The zero-order chi connectivity index (χ0) is 16.6. The maximum absolute atomic E-state index is 11.9. The highest BCUT2D eigenvalue weighted by Gasteiger charge is 2.17.